The van der Waals surface area contributed by atoms with E-state index in [9.17, 15) is 4.79 Å². The molecule has 6 nitrogen and oxygen atoms in total. The van der Waals surface area contributed by atoms with Gasteiger partial charge in [0.05, 0.1) is 12.6 Å². The maximum Gasteiger partial charge on any atom is 0.300 e. The Kier molecular flexibility index (Phi) is 4.57. The molecule has 0 aliphatic carbocycles. The summed E-state index contributed by atoms with van der Waals surface area (Å²) in [6, 6.07) is 7.41. The van der Waals surface area contributed by atoms with Crippen molar-refractivity contribution >= 4 is 16.8 Å². The minimum Gasteiger partial charge on any atom is -0.497 e. The van der Waals surface area contributed by atoms with Gasteiger partial charge < -0.3 is 9.64 Å². The fraction of sp³-hybridized carbons (Fsp3) is 0.278. The predicted octanol–water partition coefficient (Wildman–Crippen LogP) is 2.23. The molecule has 6 heteroatoms. The van der Waals surface area contributed by atoms with Crippen LogP contribution in [-0.4, -0.2) is 53.1 Å². The standard InChI is InChI=1S/C18H20N4O2/c1-21(2)10-7-13-12-22(18(23)17-19-8-4-9-20-17)16-6-5-14(24-3)11-15(13)16/h4-6,8-9,11-12H,7,10H2,1-3H3. The second kappa shape index (κ2) is 6.80. The SMILES string of the molecule is COc1ccc2c(c1)c(CCN(C)C)cn2C(=O)c1ncccn1. The number of methoxy groups -OCH3 is 1. The van der Waals surface area contributed by atoms with E-state index in [2.05, 4.69) is 14.9 Å². The molecule has 0 atom stereocenters. The molecule has 0 unspecified atom stereocenters. The van der Waals surface area contributed by atoms with E-state index in [0.717, 1.165) is 35.2 Å². The maximum atomic E-state index is 12.8. The van der Waals surface area contributed by atoms with Crippen molar-refractivity contribution in [3.63, 3.8) is 0 Å². The molecular formula is C18H20N4O2. The maximum absolute atomic E-state index is 12.8. The molecule has 0 saturated carbocycles. The topological polar surface area (TPSA) is 60.2 Å². The van der Waals surface area contributed by atoms with Crippen molar-refractivity contribution in [1.29, 1.82) is 0 Å². The normalized spacial score (nSPS) is 11.2. The van der Waals surface area contributed by atoms with Crippen LogP contribution in [-0.2, 0) is 6.42 Å². The van der Waals surface area contributed by atoms with Gasteiger partial charge in [0.2, 0.25) is 5.82 Å². The molecule has 0 aliphatic rings. The molecule has 3 rings (SSSR count). The van der Waals surface area contributed by atoms with Crippen molar-refractivity contribution in [2.24, 2.45) is 0 Å². The van der Waals surface area contributed by atoms with Gasteiger partial charge in [-0.3, -0.25) is 9.36 Å². The number of ether oxygens (including phenoxy) is 1. The molecule has 0 bridgehead atoms. The van der Waals surface area contributed by atoms with Crippen LogP contribution in [0.5, 0.6) is 5.75 Å². The summed E-state index contributed by atoms with van der Waals surface area (Å²) in [6.07, 6.45) is 5.86. The highest BCUT2D eigenvalue weighted by atomic mass is 16.5. The average Bonchev–Trinajstić information content (AvgIpc) is 2.97. The number of likely N-dealkylation sites (N-methyl/N-ethyl adjacent to an activating group) is 1. The first-order chi connectivity index (χ1) is 11.6. The van der Waals surface area contributed by atoms with Crippen LogP contribution in [0.1, 0.15) is 16.2 Å². The summed E-state index contributed by atoms with van der Waals surface area (Å²) in [5, 5.41) is 1.01. The molecule has 124 valence electrons. The molecule has 2 heterocycles. The third kappa shape index (κ3) is 3.14. The Labute approximate surface area is 140 Å². The van der Waals surface area contributed by atoms with Crippen LogP contribution in [0.4, 0.5) is 0 Å². The van der Waals surface area contributed by atoms with E-state index in [1.807, 2.05) is 38.5 Å². The molecular weight excluding hydrogens is 304 g/mol. The van der Waals surface area contributed by atoms with Gasteiger partial charge >= 0.3 is 0 Å². The predicted molar refractivity (Wildman–Crippen MR) is 92.5 cm³/mol. The van der Waals surface area contributed by atoms with Gasteiger partial charge in [-0.1, -0.05) is 0 Å². The molecule has 0 fully saturated rings. The fourth-order valence-electron chi connectivity index (χ4n) is 2.63. The Balaban J connectivity index is 2.09. The van der Waals surface area contributed by atoms with Crippen molar-refractivity contribution in [1.82, 2.24) is 19.4 Å². The smallest absolute Gasteiger partial charge is 0.300 e. The van der Waals surface area contributed by atoms with Crippen LogP contribution in [0.15, 0.2) is 42.9 Å². The van der Waals surface area contributed by atoms with E-state index in [0.29, 0.717) is 0 Å². The summed E-state index contributed by atoms with van der Waals surface area (Å²) >= 11 is 0. The zero-order valence-electron chi connectivity index (χ0n) is 14.1. The Morgan fingerprint density at radius 1 is 1.25 bits per heavy atom. The number of fused-ring (bicyclic) bond motifs is 1. The lowest BCUT2D eigenvalue weighted by atomic mass is 10.1. The second-order valence-electron chi connectivity index (χ2n) is 5.84. The Hall–Kier alpha value is -2.73. The van der Waals surface area contributed by atoms with Crippen molar-refractivity contribution in [3.05, 3.63) is 54.2 Å². The molecule has 0 aliphatic heterocycles. The molecule has 0 radical (unpaired) electrons. The largest absolute Gasteiger partial charge is 0.497 e. The highest BCUT2D eigenvalue weighted by Crippen LogP contribution is 2.27. The van der Waals surface area contributed by atoms with E-state index in [1.54, 1.807) is 30.1 Å². The van der Waals surface area contributed by atoms with E-state index in [1.165, 1.54) is 0 Å². The van der Waals surface area contributed by atoms with Gasteiger partial charge in [-0.15, -0.1) is 0 Å². The van der Waals surface area contributed by atoms with Gasteiger partial charge in [0.1, 0.15) is 5.75 Å². The average molecular weight is 324 g/mol. The summed E-state index contributed by atoms with van der Waals surface area (Å²) in [7, 11) is 5.70. The van der Waals surface area contributed by atoms with Crippen LogP contribution < -0.4 is 4.74 Å². The summed E-state index contributed by atoms with van der Waals surface area (Å²) in [5.74, 6) is 0.723. The first-order valence-corrected chi connectivity index (χ1v) is 7.74. The van der Waals surface area contributed by atoms with Crippen LogP contribution in [0.3, 0.4) is 0 Å². The molecule has 3 aromatic rings. The van der Waals surface area contributed by atoms with E-state index in [-0.39, 0.29) is 11.7 Å². The number of aromatic nitrogens is 3. The minimum absolute atomic E-state index is 0.185. The van der Waals surface area contributed by atoms with Crippen LogP contribution in [0.25, 0.3) is 10.9 Å². The Bertz CT molecular complexity index is 856. The van der Waals surface area contributed by atoms with Gasteiger partial charge in [-0.2, -0.15) is 0 Å². The third-order valence-electron chi connectivity index (χ3n) is 3.90. The summed E-state index contributed by atoms with van der Waals surface area (Å²) in [5.41, 5.74) is 1.93. The molecule has 0 N–H and O–H groups in total. The Morgan fingerprint density at radius 2 is 2.00 bits per heavy atom. The number of rotatable bonds is 5. The van der Waals surface area contributed by atoms with Crippen LogP contribution in [0, 0.1) is 0 Å². The summed E-state index contributed by atoms with van der Waals surface area (Å²) in [6.45, 7) is 0.895. The molecule has 2 aromatic heterocycles. The van der Waals surface area contributed by atoms with Crippen LogP contribution >= 0.6 is 0 Å². The number of hydrogen-bond donors (Lipinski definition) is 0. The number of benzene rings is 1. The fourth-order valence-corrected chi connectivity index (χ4v) is 2.63. The van der Waals surface area contributed by atoms with Gasteiger partial charge in [0.25, 0.3) is 5.91 Å². The van der Waals surface area contributed by atoms with E-state index in [4.69, 9.17) is 4.74 Å². The van der Waals surface area contributed by atoms with Crippen molar-refractivity contribution < 1.29 is 9.53 Å². The highest BCUT2D eigenvalue weighted by Gasteiger charge is 2.17. The van der Waals surface area contributed by atoms with Gasteiger partial charge in [-0.25, -0.2) is 9.97 Å². The van der Waals surface area contributed by atoms with E-state index >= 15 is 0 Å². The van der Waals surface area contributed by atoms with Gasteiger partial charge in [0.15, 0.2) is 0 Å². The quantitative estimate of drug-likeness (QED) is 0.720. The number of hydrogen-bond acceptors (Lipinski definition) is 5. The van der Waals surface area contributed by atoms with E-state index < -0.39 is 0 Å². The number of carbonyl (C=O) groups is 1. The lowest BCUT2D eigenvalue weighted by Crippen LogP contribution is -2.15. The lowest BCUT2D eigenvalue weighted by Gasteiger charge is -2.08. The van der Waals surface area contributed by atoms with Crippen LogP contribution in [0.2, 0.25) is 0 Å². The molecule has 0 saturated heterocycles. The first kappa shape index (κ1) is 16.1. The zero-order valence-corrected chi connectivity index (χ0v) is 14.1. The molecule has 1 aromatic carbocycles. The lowest BCUT2D eigenvalue weighted by molar-refractivity contribution is 0.0954. The third-order valence-corrected chi connectivity index (χ3v) is 3.90. The zero-order chi connectivity index (χ0) is 17.1. The molecule has 0 spiro atoms. The molecule has 0 amide bonds. The first-order valence-electron chi connectivity index (χ1n) is 7.74. The monoisotopic (exact) mass is 324 g/mol. The summed E-state index contributed by atoms with van der Waals surface area (Å²) < 4.78 is 6.95. The van der Waals surface area contributed by atoms with Gasteiger partial charge in [-0.05, 0) is 50.3 Å². The highest BCUT2D eigenvalue weighted by molar-refractivity contribution is 6.01. The molecule has 24 heavy (non-hydrogen) atoms. The second-order valence-corrected chi connectivity index (χ2v) is 5.84. The summed E-state index contributed by atoms with van der Waals surface area (Å²) in [4.78, 5) is 23.0. The Morgan fingerprint density at radius 3 is 2.67 bits per heavy atom. The van der Waals surface area contributed by atoms with Crippen molar-refractivity contribution in [2.45, 2.75) is 6.42 Å². The van der Waals surface area contributed by atoms with Crippen molar-refractivity contribution in [2.75, 3.05) is 27.7 Å². The number of carbonyl (C=O) groups excluding carboxylic acids is 1. The minimum atomic E-state index is -0.234. The van der Waals surface area contributed by atoms with Gasteiger partial charge in [0, 0.05) is 30.5 Å². The van der Waals surface area contributed by atoms with Crippen molar-refractivity contribution in [3.8, 4) is 5.75 Å². The number of nitrogens with zero attached hydrogens (tertiary/aromatic N) is 4.